The van der Waals surface area contributed by atoms with Crippen molar-refractivity contribution in [3.05, 3.63) is 83.1 Å². The summed E-state index contributed by atoms with van der Waals surface area (Å²) in [5, 5.41) is 12.4. The van der Waals surface area contributed by atoms with Crippen LogP contribution in [0, 0.1) is 0 Å². The van der Waals surface area contributed by atoms with Gasteiger partial charge < -0.3 is 16.2 Å². The van der Waals surface area contributed by atoms with Crippen molar-refractivity contribution in [3.63, 3.8) is 0 Å². The van der Waals surface area contributed by atoms with E-state index in [9.17, 15) is 14.7 Å². The number of nitrogens with two attached hydrogens (primary N) is 1. The van der Waals surface area contributed by atoms with Gasteiger partial charge in [-0.05, 0) is 31.2 Å². The van der Waals surface area contributed by atoms with Crippen LogP contribution in [0.25, 0.3) is 0 Å². The summed E-state index contributed by atoms with van der Waals surface area (Å²) < 4.78 is 0. The zero-order chi connectivity index (χ0) is 19.1. The Kier molecular flexibility index (Phi) is 6.35. The summed E-state index contributed by atoms with van der Waals surface area (Å²) in [6.07, 6.45) is 0. The summed E-state index contributed by atoms with van der Waals surface area (Å²) >= 11 is 5.15. The normalized spacial score (nSPS) is 12.1. The number of rotatable bonds is 4. The molecule has 2 rings (SSSR count). The highest BCUT2D eigenvalue weighted by Crippen LogP contribution is 2.08. The molecule has 6 nitrogen and oxygen atoms in total. The summed E-state index contributed by atoms with van der Waals surface area (Å²) in [4.78, 5) is 28.0. The molecule has 0 aliphatic carbocycles. The molecule has 4 N–H and O–H groups in total. The molecule has 26 heavy (non-hydrogen) atoms. The first-order chi connectivity index (χ1) is 12.4. The number of allylic oxidation sites excluding steroid dienone is 1. The van der Waals surface area contributed by atoms with Gasteiger partial charge in [0.25, 0.3) is 11.8 Å². The van der Waals surface area contributed by atoms with Crippen LogP contribution in [0.5, 0.6) is 0 Å². The average molecular weight is 367 g/mol. The van der Waals surface area contributed by atoms with Gasteiger partial charge in [-0.25, -0.2) is 0 Å². The summed E-state index contributed by atoms with van der Waals surface area (Å²) in [6, 6.07) is 16.7. The van der Waals surface area contributed by atoms with Gasteiger partial charge in [0, 0.05) is 11.1 Å². The third kappa shape index (κ3) is 4.84. The van der Waals surface area contributed by atoms with Gasteiger partial charge in [-0.3, -0.25) is 9.59 Å². The highest BCUT2D eigenvalue weighted by atomic mass is 32.1. The third-order valence-corrected chi connectivity index (χ3v) is 3.66. The number of carbonyl (C=O) groups is 2. The van der Waals surface area contributed by atoms with Gasteiger partial charge in [0.2, 0.25) is 0 Å². The molecule has 0 saturated heterocycles. The molecule has 2 amide bonds. The molecule has 0 aliphatic rings. The fourth-order valence-corrected chi connectivity index (χ4v) is 2.45. The second-order valence-corrected chi connectivity index (χ2v) is 5.69. The van der Waals surface area contributed by atoms with Gasteiger partial charge in [-0.2, -0.15) is 4.99 Å². The van der Waals surface area contributed by atoms with Crippen LogP contribution in [-0.2, 0) is 0 Å². The number of hydrogen-bond donors (Lipinski definition) is 3. The second kappa shape index (κ2) is 8.68. The number of carbonyl (C=O) groups excluding carboxylic acids is 2. The first-order valence-corrected chi connectivity index (χ1v) is 8.05. The number of benzene rings is 2. The predicted octanol–water partition coefficient (Wildman–Crippen LogP) is 2.77. The molecule has 7 heteroatoms. The molecular weight excluding hydrogens is 350 g/mol. The number of thiocarbonyl (C=S) groups is 1. The van der Waals surface area contributed by atoms with Crippen molar-refractivity contribution >= 4 is 34.9 Å². The Morgan fingerprint density at radius 1 is 1.00 bits per heavy atom. The van der Waals surface area contributed by atoms with Crippen molar-refractivity contribution < 1.29 is 14.7 Å². The molecule has 0 bridgehead atoms. The van der Waals surface area contributed by atoms with E-state index in [-0.39, 0.29) is 22.2 Å². The number of nitrogens with zero attached hydrogens (tertiary/aromatic N) is 1. The van der Waals surface area contributed by atoms with Gasteiger partial charge in [0.05, 0.1) is 5.57 Å². The Hall–Kier alpha value is -3.32. The van der Waals surface area contributed by atoms with Crippen LogP contribution < -0.4 is 11.1 Å². The minimum Gasteiger partial charge on any atom is -0.512 e. The SMILES string of the molecule is C/C(O)=C(\C(=S)NC(=O)c1ccccc1)C(N)=NC(=O)c1ccccc1. The maximum atomic E-state index is 12.2. The van der Waals surface area contributed by atoms with Crippen molar-refractivity contribution in [2.75, 3.05) is 0 Å². The lowest BCUT2D eigenvalue weighted by Gasteiger charge is -2.11. The van der Waals surface area contributed by atoms with Crippen LogP contribution in [0.1, 0.15) is 27.6 Å². The summed E-state index contributed by atoms with van der Waals surface area (Å²) in [7, 11) is 0. The number of aliphatic imine (C=N–C) groups is 1. The Morgan fingerprint density at radius 3 is 2.00 bits per heavy atom. The van der Waals surface area contributed by atoms with E-state index in [1.165, 1.54) is 6.92 Å². The monoisotopic (exact) mass is 367 g/mol. The fraction of sp³-hybridized carbons (Fsp3) is 0.0526. The van der Waals surface area contributed by atoms with E-state index in [1.54, 1.807) is 60.7 Å². The standard InChI is InChI=1S/C19H17N3O3S/c1-12(23)15(16(20)21-17(24)13-8-4-2-5-9-13)19(26)22-18(25)14-10-6-3-7-11-14/h2-11,23H,1H3,(H2,20,21,24)(H,22,25,26)/b15-12+. The summed E-state index contributed by atoms with van der Waals surface area (Å²) in [6.45, 7) is 1.34. The van der Waals surface area contributed by atoms with Crippen molar-refractivity contribution in [1.29, 1.82) is 0 Å². The number of amidine groups is 1. The Labute approximate surface area is 156 Å². The van der Waals surface area contributed by atoms with E-state index >= 15 is 0 Å². The molecule has 0 atom stereocenters. The Balaban J connectivity index is 2.21. The minimum absolute atomic E-state index is 0.0754. The second-order valence-electron chi connectivity index (χ2n) is 5.28. The largest absolute Gasteiger partial charge is 0.512 e. The molecule has 0 unspecified atom stereocenters. The van der Waals surface area contributed by atoms with E-state index in [1.807, 2.05) is 0 Å². The van der Waals surface area contributed by atoms with Crippen molar-refractivity contribution in [3.8, 4) is 0 Å². The average Bonchev–Trinajstić information content (AvgIpc) is 2.62. The lowest BCUT2D eigenvalue weighted by atomic mass is 10.1. The predicted molar refractivity (Wildman–Crippen MR) is 104 cm³/mol. The summed E-state index contributed by atoms with van der Waals surface area (Å²) in [5.41, 5.74) is 6.50. The molecule has 0 heterocycles. The lowest BCUT2D eigenvalue weighted by molar-refractivity contribution is 0.0976. The molecule has 0 radical (unpaired) electrons. The van der Waals surface area contributed by atoms with Crippen LogP contribution in [-0.4, -0.2) is 27.7 Å². The smallest absolute Gasteiger partial charge is 0.278 e. The number of aliphatic hydroxyl groups excluding tert-OH is 1. The van der Waals surface area contributed by atoms with Gasteiger partial charge in [0.15, 0.2) is 0 Å². The fourth-order valence-electron chi connectivity index (χ4n) is 2.10. The van der Waals surface area contributed by atoms with Crippen molar-refractivity contribution in [1.82, 2.24) is 5.32 Å². The minimum atomic E-state index is -0.584. The van der Waals surface area contributed by atoms with E-state index < -0.39 is 11.8 Å². The molecule has 0 spiro atoms. The number of hydrogen-bond acceptors (Lipinski definition) is 4. The quantitative estimate of drug-likeness (QED) is 0.253. The zero-order valence-electron chi connectivity index (χ0n) is 14.0. The van der Waals surface area contributed by atoms with Gasteiger partial charge in [-0.1, -0.05) is 48.6 Å². The van der Waals surface area contributed by atoms with Crippen LogP contribution in [0.2, 0.25) is 0 Å². The highest BCUT2D eigenvalue weighted by Gasteiger charge is 2.18. The lowest BCUT2D eigenvalue weighted by Crippen LogP contribution is -2.35. The van der Waals surface area contributed by atoms with E-state index in [0.717, 1.165) is 0 Å². The van der Waals surface area contributed by atoms with Gasteiger partial charge in [0.1, 0.15) is 16.6 Å². The first kappa shape index (κ1) is 19.0. The van der Waals surface area contributed by atoms with Gasteiger partial charge >= 0.3 is 0 Å². The number of amides is 2. The number of aliphatic hydroxyl groups is 1. The van der Waals surface area contributed by atoms with Crippen LogP contribution in [0.3, 0.4) is 0 Å². The van der Waals surface area contributed by atoms with E-state index in [4.69, 9.17) is 18.0 Å². The molecule has 0 aliphatic heterocycles. The molecule has 2 aromatic carbocycles. The Morgan fingerprint density at radius 2 is 1.50 bits per heavy atom. The van der Waals surface area contributed by atoms with Crippen LogP contribution >= 0.6 is 12.2 Å². The molecule has 132 valence electrons. The maximum Gasteiger partial charge on any atom is 0.278 e. The first-order valence-electron chi connectivity index (χ1n) is 7.64. The zero-order valence-corrected chi connectivity index (χ0v) is 14.8. The summed E-state index contributed by atoms with van der Waals surface area (Å²) in [5.74, 6) is -1.58. The van der Waals surface area contributed by atoms with Crippen LogP contribution in [0.15, 0.2) is 77.0 Å². The number of nitrogens with one attached hydrogen (secondary N) is 1. The molecular formula is C19H17N3O3S. The van der Waals surface area contributed by atoms with E-state index in [0.29, 0.717) is 11.1 Å². The third-order valence-electron chi connectivity index (χ3n) is 3.35. The van der Waals surface area contributed by atoms with E-state index in [2.05, 4.69) is 10.3 Å². The Bertz CT molecular complexity index is 887. The maximum absolute atomic E-state index is 12.2. The molecule has 0 fully saturated rings. The van der Waals surface area contributed by atoms with Gasteiger partial charge in [-0.15, -0.1) is 0 Å². The van der Waals surface area contributed by atoms with Crippen LogP contribution in [0.4, 0.5) is 0 Å². The highest BCUT2D eigenvalue weighted by molar-refractivity contribution is 7.81. The molecule has 0 aromatic heterocycles. The van der Waals surface area contributed by atoms with Crippen molar-refractivity contribution in [2.24, 2.45) is 10.7 Å². The molecule has 2 aromatic rings. The topological polar surface area (TPSA) is 105 Å². The van der Waals surface area contributed by atoms with Crippen molar-refractivity contribution in [2.45, 2.75) is 6.92 Å². The molecule has 0 saturated carbocycles.